The average molecular weight is 394 g/mol. The normalized spacial score (nSPS) is 24.4. The molecule has 0 aliphatic carbocycles. The van der Waals surface area contributed by atoms with Gasteiger partial charge >= 0.3 is 0 Å². The number of hydrogen-bond donors (Lipinski definition) is 1. The number of ether oxygens (including phenoxy) is 1. The summed E-state index contributed by atoms with van der Waals surface area (Å²) in [5.41, 5.74) is 0.947. The molecule has 0 saturated carbocycles. The van der Waals surface area contributed by atoms with Crippen molar-refractivity contribution in [2.24, 2.45) is 5.92 Å². The molecule has 1 aromatic carbocycles. The van der Waals surface area contributed by atoms with E-state index >= 15 is 0 Å². The first-order valence-corrected chi connectivity index (χ1v) is 11.1. The summed E-state index contributed by atoms with van der Waals surface area (Å²) in [6.07, 6.45) is 0.713. The summed E-state index contributed by atoms with van der Waals surface area (Å²) >= 11 is 0. The van der Waals surface area contributed by atoms with Gasteiger partial charge in [-0.15, -0.1) is 0 Å². The lowest BCUT2D eigenvalue weighted by Gasteiger charge is -2.22. The zero-order chi connectivity index (χ0) is 19.6. The highest BCUT2D eigenvalue weighted by atomic mass is 32.2. The molecule has 0 bridgehead atoms. The van der Waals surface area contributed by atoms with Gasteiger partial charge < -0.3 is 15.0 Å². The third kappa shape index (κ3) is 5.00. The molecule has 27 heavy (non-hydrogen) atoms. The summed E-state index contributed by atoms with van der Waals surface area (Å²) in [7, 11) is -3.06. The van der Waals surface area contributed by atoms with Gasteiger partial charge in [-0.2, -0.15) is 0 Å². The van der Waals surface area contributed by atoms with Gasteiger partial charge in [0.25, 0.3) is 0 Å². The Balaban J connectivity index is 1.51. The lowest BCUT2D eigenvalue weighted by Crippen LogP contribution is -2.39. The second-order valence-electron chi connectivity index (χ2n) is 7.53. The SMILES string of the molecule is CC(C)Oc1ccc(CNC(=O)[C@H]2CC(=O)N([C@@H]3CCS(=O)(=O)C3)C2)cc1. The van der Waals surface area contributed by atoms with Crippen LogP contribution in [-0.4, -0.2) is 55.3 Å². The fraction of sp³-hybridized carbons (Fsp3) is 0.579. The minimum atomic E-state index is -3.06. The Labute approximate surface area is 160 Å². The van der Waals surface area contributed by atoms with Crippen molar-refractivity contribution in [3.05, 3.63) is 29.8 Å². The van der Waals surface area contributed by atoms with E-state index in [0.29, 0.717) is 19.5 Å². The Morgan fingerprint density at radius 1 is 1.30 bits per heavy atom. The van der Waals surface area contributed by atoms with Gasteiger partial charge in [-0.3, -0.25) is 9.59 Å². The molecule has 2 fully saturated rings. The van der Waals surface area contributed by atoms with Crippen LogP contribution in [0.25, 0.3) is 0 Å². The lowest BCUT2D eigenvalue weighted by atomic mass is 10.1. The van der Waals surface area contributed by atoms with E-state index < -0.39 is 15.8 Å². The van der Waals surface area contributed by atoms with Crippen LogP contribution in [0.2, 0.25) is 0 Å². The summed E-state index contributed by atoms with van der Waals surface area (Å²) in [5.74, 6) is 0.182. The van der Waals surface area contributed by atoms with Crippen LogP contribution in [0.5, 0.6) is 5.75 Å². The largest absolute Gasteiger partial charge is 0.491 e. The Morgan fingerprint density at radius 2 is 2.00 bits per heavy atom. The number of carbonyl (C=O) groups excluding carboxylic acids is 2. The number of rotatable bonds is 6. The fourth-order valence-electron chi connectivity index (χ4n) is 3.57. The Morgan fingerprint density at radius 3 is 2.59 bits per heavy atom. The molecule has 0 radical (unpaired) electrons. The highest BCUT2D eigenvalue weighted by Gasteiger charge is 2.41. The molecule has 1 N–H and O–H groups in total. The molecular weight excluding hydrogens is 368 g/mol. The minimum absolute atomic E-state index is 0.0118. The third-order valence-electron chi connectivity index (χ3n) is 4.94. The third-order valence-corrected chi connectivity index (χ3v) is 6.69. The molecule has 3 rings (SSSR count). The van der Waals surface area contributed by atoms with Crippen molar-refractivity contribution in [3.8, 4) is 5.75 Å². The maximum atomic E-state index is 12.4. The van der Waals surface area contributed by atoms with E-state index in [4.69, 9.17) is 4.74 Å². The number of nitrogens with one attached hydrogen (secondary N) is 1. The zero-order valence-electron chi connectivity index (χ0n) is 15.7. The molecule has 8 heteroatoms. The number of amides is 2. The van der Waals surface area contributed by atoms with Crippen LogP contribution in [0, 0.1) is 5.92 Å². The number of hydrogen-bond acceptors (Lipinski definition) is 5. The first kappa shape index (κ1) is 19.7. The maximum absolute atomic E-state index is 12.4. The molecule has 2 aliphatic heterocycles. The van der Waals surface area contributed by atoms with Crippen LogP contribution in [0.1, 0.15) is 32.3 Å². The second-order valence-corrected chi connectivity index (χ2v) is 9.76. The van der Waals surface area contributed by atoms with Crippen LogP contribution in [-0.2, 0) is 26.0 Å². The van der Waals surface area contributed by atoms with Gasteiger partial charge in [0.1, 0.15) is 5.75 Å². The van der Waals surface area contributed by atoms with Crippen molar-refractivity contribution in [3.63, 3.8) is 0 Å². The molecule has 0 aromatic heterocycles. The van der Waals surface area contributed by atoms with Crippen molar-refractivity contribution < 1.29 is 22.7 Å². The average Bonchev–Trinajstić information content (AvgIpc) is 3.15. The van der Waals surface area contributed by atoms with E-state index in [1.807, 2.05) is 38.1 Å². The molecule has 7 nitrogen and oxygen atoms in total. The van der Waals surface area contributed by atoms with Crippen LogP contribution < -0.4 is 10.1 Å². The van der Waals surface area contributed by atoms with Gasteiger partial charge in [0.05, 0.1) is 23.5 Å². The smallest absolute Gasteiger partial charge is 0.225 e. The van der Waals surface area contributed by atoms with Crippen molar-refractivity contribution in [1.29, 1.82) is 0 Å². The van der Waals surface area contributed by atoms with E-state index in [9.17, 15) is 18.0 Å². The standard InChI is InChI=1S/C19H26N2O5S/c1-13(2)26-17-5-3-14(4-6-17)10-20-19(23)15-9-18(22)21(11-15)16-7-8-27(24,25)12-16/h3-6,13,15-16H,7-12H2,1-2H3,(H,20,23)/t15-,16+/m0/s1. The van der Waals surface area contributed by atoms with E-state index in [1.165, 1.54) is 0 Å². The zero-order valence-corrected chi connectivity index (χ0v) is 16.5. The molecule has 2 saturated heterocycles. The second kappa shape index (κ2) is 7.88. The van der Waals surface area contributed by atoms with Crippen molar-refractivity contribution >= 4 is 21.7 Å². The summed E-state index contributed by atoms with van der Waals surface area (Å²) in [4.78, 5) is 26.2. The van der Waals surface area contributed by atoms with Gasteiger partial charge in [0.2, 0.25) is 11.8 Å². The molecule has 0 unspecified atom stereocenters. The van der Waals surface area contributed by atoms with E-state index in [1.54, 1.807) is 4.90 Å². The molecule has 2 atom stereocenters. The van der Waals surface area contributed by atoms with Gasteiger partial charge in [-0.1, -0.05) is 12.1 Å². The topological polar surface area (TPSA) is 92.8 Å². The number of likely N-dealkylation sites (tertiary alicyclic amines) is 1. The van der Waals surface area contributed by atoms with Crippen molar-refractivity contribution in [1.82, 2.24) is 10.2 Å². The number of benzene rings is 1. The summed E-state index contributed by atoms with van der Waals surface area (Å²) in [5, 5.41) is 2.87. The first-order valence-electron chi connectivity index (χ1n) is 9.27. The van der Waals surface area contributed by atoms with E-state index in [-0.39, 0.29) is 41.9 Å². The Bertz CT molecular complexity index is 804. The Kier molecular flexibility index (Phi) is 5.74. The molecule has 148 valence electrons. The van der Waals surface area contributed by atoms with Gasteiger partial charge in [-0.05, 0) is 38.0 Å². The van der Waals surface area contributed by atoms with Crippen molar-refractivity contribution in [2.75, 3.05) is 18.1 Å². The number of nitrogens with zero attached hydrogens (tertiary/aromatic N) is 1. The predicted octanol–water partition coefficient (Wildman–Crippen LogP) is 1.13. The van der Waals surface area contributed by atoms with Crippen LogP contribution in [0.15, 0.2) is 24.3 Å². The first-order chi connectivity index (χ1) is 12.7. The van der Waals surface area contributed by atoms with Gasteiger partial charge in [0.15, 0.2) is 9.84 Å². The van der Waals surface area contributed by atoms with Gasteiger partial charge in [0, 0.05) is 25.6 Å². The summed E-state index contributed by atoms with van der Waals surface area (Å²) in [6, 6.07) is 7.24. The summed E-state index contributed by atoms with van der Waals surface area (Å²) < 4.78 is 28.9. The molecule has 2 heterocycles. The highest BCUT2D eigenvalue weighted by molar-refractivity contribution is 7.91. The minimum Gasteiger partial charge on any atom is -0.491 e. The molecule has 1 aromatic rings. The maximum Gasteiger partial charge on any atom is 0.225 e. The molecular formula is C19H26N2O5S. The summed E-state index contributed by atoms with van der Waals surface area (Å²) in [6.45, 7) is 4.60. The van der Waals surface area contributed by atoms with Crippen LogP contribution in [0.4, 0.5) is 0 Å². The predicted molar refractivity (Wildman–Crippen MR) is 101 cm³/mol. The van der Waals surface area contributed by atoms with Crippen molar-refractivity contribution in [2.45, 2.75) is 45.4 Å². The highest BCUT2D eigenvalue weighted by Crippen LogP contribution is 2.26. The number of carbonyl (C=O) groups is 2. The monoisotopic (exact) mass is 394 g/mol. The van der Waals surface area contributed by atoms with Crippen LogP contribution in [0.3, 0.4) is 0 Å². The van der Waals surface area contributed by atoms with Gasteiger partial charge in [-0.25, -0.2) is 8.42 Å². The Hall–Kier alpha value is -2.09. The molecule has 2 amide bonds. The van der Waals surface area contributed by atoms with Crippen LogP contribution >= 0.6 is 0 Å². The lowest BCUT2D eigenvalue weighted by molar-refractivity contribution is -0.130. The quantitative estimate of drug-likeness (QED) is 0.781. The molecule has 2 aliphatic rings. The fourth-order valence-corrected chi connectivity index (χ4v) is 5.30. The number of sulfone groups is 1. The van der Waals surface area contributed by atoms with E-state index in [2.05, 4.69) is 5.32 Å². The molecule has 0 spiro atoms. The van der Waals surface area contributed by atoms with E-state index in [0.717, 1.165) is 11.3 Å².